The van der Waals surface area contributed by atoms with E-state index >= 15 is 0 Å². The number of hydrogen-bond donors (Lipinski definition) is 3. The van der Waals surface area contributed by atoms with Gasteiger partial charge in [-0.1, -0.05) is 29.8 Å². The first kappa shape index (κ1) is 16.6. The Morgan fingerprint density at radius 2 is 2.04 bits per heavy atom. The number of nitrogens with zero attached hydrogens (tertiary/aromatic N) is 1. The van der Waals surface area contributed by atoms with E-state index in [9.17, 15) is 0 Å². The van der Waals surface area contributed by atoms with Gasteiger partial charge in [-0.15, -0.1) is 0 Å². The Bertz CT molecular complexity index is 717. The lowest BCUT2D eigenvalue weighted by Gasteiger charge is -2.15. The highest BCUT2D eigenvalue weighted by atomic mass is 16.5. The Hall–Kier alpha value is -2.27. The number of nitrogens with one attached hydrogen (secondary N) is 3. The molecule has 0 bridgehead atoms. The zero-order chi connectivity index (χ0) is 16.6. The summed E-state index contributed by atoms with van der Waals surface area (Å²) in [6.45, 7) is 3.37. The topological polar surface area (TPSA) is 61.4 Å². The van der Waals surface area contributed by atoms with Crippen LogP contribution in [0.2, 0.25) is 0 Å². The summed E-state index contributed by atoms with van der Waals surface area (Å²) in [5, 5.41) is 8.07. The minimum atomic E-state index is 0.757. The monoisotopic (exact) mass is 326 g/mol. The average Bonchev–Trinajstić information content (AvgIpc) is 3.04. The number of fused-ring (bicyclic) bond motifs is 1. The Morgan fingerprint density at radius 3 is 2.83 bits per heavy atom. The minimum Gasteiger partial charge on any atom is -0.377 e. The quantitative estimate of drug-likeness (QED) is 0.434. The summed E-state index contributed by atoms with van der Waals surface area (Å²) in [4.78, 5) is 7.62. The fraction of sp³-hybridized carbons (Fsp3) is 0.421. The van der Waals surface area contributed by atoms with E-state index in [0.717, 1.165) is 51.5 Å². The smallest absolute Gasteiger partial charge is 0.190 e. The van der Waals surface area contributed by atoms with Crippen molar-refractivity contribution in [2.75, 3.05) is 33.4 Å². The maximum Gasteiger partial charge on any atom is 0.190 e. The summed E-state index contributed by atoms with van der Waals surface area (Å²) in [6.07, 6.45) is 7.35. The number of aromatic amines is 1. The molecule has 0 spiro atoms. The molecule has 1 aromatic carbocycles. The third-order valence-corrected chi connectivity index (χ3v) is 4.38. The number of H-pyrrole nitrogens is 1. The maximum absolute atomic E-state index is 5.33. The Morgan fingerprint density at radius 1 is 1.21 bits per heavy atom. The van der Waals surface area contributed by atoms with Crippen molar-refractivity contribution >= 4 is 16.9 Å². The molecule has 0 radical (unpaired) electrons. The van der Waals surface area contributed by atoms with Gasteiger partial charge in [0.05, 0.1) is 13.2 Å². The number of hydrogen-bond acceptors (Lipinski definition) is 2. The third kappa shape index (κ3) is 4.38. The molecule has 3 N–H and O–H groups in total. The van der Waals surface area contributed by atoms with Crippen LogP contribution in [0.15, 0.2) is 47.1 Å². The highest BCUT2D eigenvalue weighted by molar-refractivity contribution is 5.83. The summed E-state index contributed by atoms with van der Waals surface area (Å²) in [7, 11) is 1.81. The van der Waals surface area contributed by atoms with E-state index in [2.05, 4.69) is 57.1 Å². The van der Waals surface area contributed by atoms with Gasteiger partial charge in [0.25, 0.3) is 0 Å². The van der Waals surface area contributed by atoms with Crippen LogP contribution in [0.25, 0.3) is 10.9 Å². The van der Waals surface area contributed by atoms with Gasteiger partial charge in [0.15, 0.2) is 5.96 Å². The van der Waals surface area contributed by atoms with E-state index in [1.807, 2.05) is 7.05 Å². The highest BCUT2D eigenvalue weighted by Gasteiger charge is 2.05. The van der Waals surface area contributed by atoms with Crippen LogP contribution < -0.4 is 10.6 Å². The molecule has 1 aliphatic heterocycles. The Balaban J connectivity index is 1.42. The number of benzene rings is 1. The van der Waals surface area contributed by atoms with Gasteiger partial charge >= 0.3 is 0 Å². The van der Waals surface area contributed by atoms with Crippen molar-refractivity contribution in [3.05, 3.63) is 47.7 Å². The second-order valence-corrected chi connectivity index (χ2v) is 5.97. The van der Waals surface area contributed by atoms with Gasteiger partial charge in [0.1, 0.15) is 0 Å². The molecule has 0 saturated heterocycles. The molecule has 0 aliphatic carbocycles. The number of para-hydroxylation sites is 1. The number of rotatable bonds is 6. The lowest BCUT2D eigenvalue weighted by Crippen LogP contribution is -2.38. The van der Waals surface area contributed by atoms with Gasteiger partial charge < -0.3 is 20.4 Å². The van der Waals surface area contributed by atoms with Crippen LogP contribution in [0.4, 0.5) is 0 Å². The van der Waals surface area contributed by atoms with Crippen molar-refractivity contribution < 1.29 is 4.74 Å². The molecule has 0 amide bonds. The summed E-state index contributed by atoms with van der Waals surface area (Å²) in [5.74, 6) is 0.863. The summed E-state index contributed by atoms with van der Waals surface area (Å²) >= 11 is 0. The first-order valence-electron chi connectivity index (χ1n) is 8.62. The number of aliphatic imine (C=N–C) groups is 1. The largest absolute Gasteiger partial charge is 0.377 e. The summed E-state index contributed by atoms with van der Waals surface area (Å²) < 4.78 is 5.33. The molecule has 1 aromatic heterocycles. The zero-order valence-electron chi connectivity index (χ0n) is 14.3. The molecule has 24 heavy (non-hydrogen) atoms. The fourth-order valence-electron chi connectivity index (χ4n) is 3.01. The van der Waals surface area contributed by atoms with Crippen LogP contribution in [0.3, 0.4) is 0 Å². The van der Waals surface area contributed by atoms with Gasteiger partial charge in [-0.05, 0) is 30.9 Å². The van der Waals surface area contributed by atoms with Crippen molar-refractivity contribution in [2.45, 2.75) is 19.3 Å². The molecular formula is C19H26N4O. The standard InChI is InChI=1S/C19H26N4O/c1-20-19(21-10-6-15-8-12-24-13-9-15)22-11-7-16-14-23-18-5-3-2-4-17(16)18/h2-5,8,14,23H,6-7,9-13H2,1H3,(H2,20,21,22). The van der Waals surface area contributed by atoms with Crippen molar-refractivity contribution in [1.82, 2.24) is 15.6 Å². The van der Waals surface area contributed by atoms with Crippen molar-refractivity contribution in [3.63, 3.8) is 0 Å². The Kier molecular flexibility index (Phi) is 5.90. The molecule has 128 valence electrons. The van der Waals surface area contributed by atoms with Crippen LogP contribution in [0, 0.1) is 0 Å². The first-order valence-corrected chi connectivity index (χ1v) is 8.62. The molecule has 0 fully saturated rings. The predicted molar refractivity (Wildman–Crippen MR) is 99.5 cm³/mol. The van der Waals surface area contributed by atoms with Crippen LogP contribution in [0.5, 0.6) is 0 Å². The minimum absolute atomic E-state index is 0.757. The summed E-state index contributed by atoms with van der Waals surface area (Å²) in [5.41, 5.74) is 4.00. The molecular weight excluding hydrogens is 300 g/mol. The van der Waals surface area contributed by atoms with Gasteiger partial charge in [0, 0.05) is 37.2 Å². The molecule has 5 heteroatoms. The van der Waals surface area contributed by atoms with Crippen LogP contribution in [0.1, 0.15) is 18.4 Å². The lowest BCUT2D eigenvalue weighted by atomic mass is 10.1. The molecule has 5 nitrogen and oxygen atoms in total. The van der Waals surface area contributed by atoms with E-state index in [1.165, 1.54) is 22.0 Å². The molecule has 0 atom stereocenters. The van der Waals surface area contributed by atoms with Crippen LogP contribution in [-0.4, -0.2) is 44.3 Å². The lowest BCUT2D eigenvalue weighted by molar-refractivity contribution is 0.153. The average molecular weight is 326 g/mol. The maximum atomic E-state index is 5.33. The number of ether oxygens (including phenoxy) is 1. The molecule has 3 rings (SSSR count). The predicted octanol–water partition coefficient (Wildman–Crippen LogP) is 2.61. The van der Waals surface area contributed by atoms with Gasteiger partial charge in [-0.25, -0.2) is 0 Å². The zero-order valence-corrected chi connectivity index (χ0v) is 14.3. The van der Waals surface area contributed by atoms with E-state index in [-0.39, 0.29) is 0 Å². The van der Waals surface area contributed by atoms with Gasteiger partial charge in [0.2, 0.25) is 0 Å². The normalized spacial score (nSPS) is 15.4. The van der Waals surface area contributed by atoms with E-state index in [0.29, 0.717) is 0 Å². The van der Waals surface area contributed by atoms with Crippen LogP contribution >= 0.6 is 0 Å². The SMILES string of the molecule is CN=C(NCCC1=CCOCC1)NCCc1c[nH]c2ccccc12. The molecule has 1 aliphatic rings. The highest BCUT2D eigenvalue weighted by Crippen LogP contribution is 2.17. The molecule has 0 saturated carbocycles. The van der Waals surface area contributed by atoms with E-state index < -0.39 is 0 Å². The second-order valence-electron chi connectivity index (χ2n) is 5.97. The van der Waals surface area contributed by atoms with E-state index in [1.54, 1.807) is 0 Å². The van der Waals surface area contributed by atoms with E-state index in [4.69, 9.17) is 4.74 Å². The molecule has 2 aromatic rings. The summed E-state index contributed by atoms with van der Waals surface area (Å²) in [6, 6.07) is 8.41. The Labute approximate surface area is 143 Å². The first-order chi connectivity index (χ1) is 11.9. The second kappa shape index (κ2) is 8.55. The number of aromatic nitrogens is 1. The van der Waals surface area contributed by atoms with Crippen molar-refractivity contribution in [3.8, 4) is 0 Å². The fourth-order valence-corrected chi connectivity index (χ4v) is 3.01. The van der Waals surface area contributed by atoms with Crippen LogP contribution in [-0.2, 0) is 11.2 Å². The van der Waals surface area contributed by atoms with Crippen molar-refractivity contribution in [2.24, 2.45) is 4.99 Å². The van der Waals surface area contributed by atoms with Crippen molar-refractivity contribution in [1.29, 1.82) is 0 Å². The number of guanidine groups is 1. The molecule has 2 heterocycles. The third-order valence-electron chi connectivity index (χ3n) is 4.38. The van der Waals surface area contributed by atoms with Gasteiger partial charge in [-0.2, -0.15) is 0 Å². The molecule has 0 unspecified atom stereocenters. The van der Waals surface area contributed by atoms with Gasteiger partial charge in [-0.3, -0.25) is 4.99 Å².